The molecule has 3 N–H and O–H groups in total. The van der Waals surface area contributed by atoms with Gasteiger partial charge in [0.2, 0.25) is 0 Å². The average Bonchev–Trinajstić information content (AvgIpc) is 3.08. The first-order valence-electron chi connectivity index (χ1n) is 11.3. The van der Waals surface area contributed by atoms with E-state index in [0.29, 0.717) is 0 Å². The number of aliphatic hydroxyl groups is 1. The molecule has 12 nitrogen and oxygen atoms in total. The summed E-state index contributed by atoms with van der Waals surface area (Å²) in [6, 6.07) is 7.76. The van der Waals surface area contributed by atoms with E-state index in [2.05, 4.69) is 11.7 Å². The Morgan fingerprint density at radius 1 is 1.32 bits per heavy atom. The molecule has 0 amide bonds. The van der Waals surface area contributed by atoms with Gasteiger partial charge in [-0.2, -0.15) is 5.09 Å². The van der Waals surface area contributed by atoms with Gasteiger partial charge in [-0.1, -0.05) is 24.3 Å². The van der Waals surface area contributed by atoms with Crippen LogP contribution in [0.5, 0.6) is 5.75 Å². The van der Waals surface area contributed by atoms with Gasteiger partial charge in [0.25, 0.3) is 5.56 Å². The van der Waals surface area contributed by atoms with Crippen molar-refractivity contribution >= 4 is 13.7 Å². The number of nitrogens with one attached hydrogen (secondary N) is 2. The number of alkyl halides is 1. The molecule has 0 aliphatic carbocycles. The molecule has 2 aromatic rings. The lowest BCUT2D eigenvalue weighted by Gasteiger charge is -2.30. The Kier molecular flexibility index (Phi) is 8.88. The normalized spacial score (nSPS) is 25.8. The van der Waals surface area contributed by atoms with Crippen LogP contribution in [0.15, 0.2) is 64.8 Å². The van der Waals surface area contributed by atoms with Gasteiger partial charge in [0.05, 0.1) is 12.7 Å². The number of aromatic nitrogens is 2. The van der Waals surface area contributed by atoms with Crippen LogP contribution in [0, 0.1) is 0 Å². The third-order valence-electron chi connectivity index (χ3n) is 5.37. The maximum atomic E-state index is 15.1. The fourth-order valence-electron chi connectivity index (χ4n) is 3.49. The Balaban J connectivity index is 1.86. The molecule has 0 bridgehead atoms. The number of carbonyl (C=O) groups excluding carboxylic acids is 1. The lowest BCUT2D eigenvalue weighted by molar-refractivity contribution is -0.149. The van der Waals surface area contributed by atoms with E-state index in [1.54, 1.807) is 32.0 Å². The lowest BCUT2D eigenvalue weighted by atomic mass is 9.97. The molecule has 6 atom stereocenters. The van der Waals surface area contributed by atoms with E-state index in [-0.39, 0.29) is 5.75 Å². The zero-order valence-corrected chi connectivity index (χ0v) is 21.3. The number of aliphatic hydroxyl groups excluding tert-OH is 1. The second-order valence-electron chi connectivity index (χ2n) is 8.59. The van der Waals surface area contributed by atoms with E-state index in [1.807, 2.05) is 4.98 Å². The molecule has 0 spiro atoms. The molecule has 1 aromatic heterocycles. The topological polar surface area (TPSA) is 158 Å². The van der Waals surface area contributed by atoms with Gasteiger partial charge in [0.1, 0.15) is 23.5 Å². The van der Waals surface area contributed by atoms with E-state index in [1.165, 1.54) is 19.1 Å². The molecule has 202 valence electrons. The third kappa shape index (κ3) is 6.62. The van der Waals surface area contributed by atoms with Crippen molar-refractivity contribution in [1.29, 1.82) is 0 Å². The van der Waals surface area contributed by atoms with Crippen LogP contribution in [0.2, 0.25) is 0 Å². The second kappa shape index (κ2) is 11.5. The number of carbonyl (C=O) groups is 1. The van der Waals surface area contributed by atoms with Gasteiger partial charge in [-0.05, 0) is 32.9 Å². The Morgan fingerprint density at radius 2 is 2.00 bits per heavy atom. The quantitative estimate of drug-likeness (QED) is 0.218. The molecule has 14 heteroatoms. The minimum absolute atomic E-state index is 0.129. The number of ether oxygens (including phenoxy) is 2. The van der Waals surface area contributed by atoms with Crippen LogP contribution < -0.4 is 20.9 Å². The molecule has 1 aliphatic heterocycles. The molecule has 6 unspecified atom stereocenters. The van der Waals surface area contributed by atoms with Crippen molar-refractivity contribution in [2.45, 2.75) is 57.0 Å². The highest BCUT2D eigenvalue weighted by atomic mass is 31.2. The molecule has 37 heavy (non-hydrogen) atoms. The van der Waals surface area contributed by atoms with Gasteiger partial charge < -0.3 is 19.1 Å². The largest absolute Gasteiger partial charge is 0.462 e. The summed E-state index contributed by atoms with van der Waals surface area (Å²) in [6.07, 6.45) is -4.12. The first-order chi connectivity index (χ1) is 17.4. The monoisotopic (exact) mass is 541 g/mol. The molecule has 2 heterocycles. The zero-order valence-electron chi connectivity index (χ0n) is 20.4. The molecule has 0 saturated carbocycles. The standard InChI is InChI=1S/C23H29FN3O9P/c1-5-23(19(29)18(24)20(35-23)27-12-11-17(28)25-22(27)31)13-33-37(32,36-16-9-7-6-8-10-16)26-15(4)21(30)34-14(2)3/h5-12,14-15,18-20,29H,1,13H2,2-4H3,(H,26,32)(H,25,28,31). The summed E-state index contributed by atoms with van der Waals surface area (Å²) in [7, 11) is -4.39. The molecule has 1 saturated heterocycles. The van der Waals surface area contributed by atoms with E-state index in [0.717, 1.165) is 22.9 Å². The maximum Gasteiger partial charge on any atom is 0.459 e. The number of esters is 1. The summed E-state index contributed by atoms with van der Waals surface area (Å²) in [5, 5.41) is 13.2. The number of halogens is 1. The van der Waals surface area contributed by atoms with Crippen LogP contribution >= 0.6 is 7.75 Å². The molecular weight excluding hydrogens is 512 g/mol. The summed E-state index contributed by atoms with van der Waals surface area (Å²) in [5.41, 5.74) is -3.66. The second-order valence-corrected chi connectivity index (χ2v) is 10.3. The summed E-state index contributed by atoms with van der Waals surface area (Å²) in [5.74, 6) is -0.600. The van der Waals surface area contributed by atoms with Crippen molar-refractivity contribution in [1.82, 2.24) is 14.6 Å². The SMILES string of the molecule is C=CC1(COP(=O)(NC(C)C(=O)OC(C)C)Oc2ccccc2)OC(n2ccc(=O)[nH]c2=O)C(F)C1O. The predicted molar refractivity (Wildman–Crippen MR) is 130 cm³/mol. The van der Waals surface area contributed by atoms with Crippen molar-refractivity contribution in [3.05, 3.63) is 76.1 Å². The van der Waals surface area contributed by atoms with Crippen molar-refractivity contribution in [2.24, 2.45) is 0 Å². The van der Waals surface area contributed by atoms with E-state index in [9.17, 15) is 24.1 Å². The Hall–Kier alpha value is -3.09. The smallest absolute Gasteiger partial charge is 0.459 e. The van der Waals surface area contributed by atoms with E-state index in [4.69, 9.17) is 18.5 Å². The molecule has 0 radical (unpaired) electrons. The fourth-order valence-corrected chi connectivity index (χ4v) is 5.02. The minimum Gasteiger partial charge on any atom is -0.462 e. The van der Waals surface area contributed by atoms with Gasteiger partial charge in [-0.3, -0.25) is 23.7 Å². The van der Waals surface area contributed by atoms with Crippen LogP contribution in [-0.2, 0) is 23.4 Å². The summed E-state index contributed by atoms with van der Waals surface area (Å²) in [4.78, 5) is 37.8. The summed E-state index contributed by atoms with van der Waals surface area (Å²) >= 11 is 0. The van der Waals surface area contributed by atoms with Crippen LogP contribution in [0.4, 0.5) is 4.39 Å². The molecule has 1 aromatic carbocycles. The predicted octanol–water partition coefficient (Wildman–Crippen LogP) is 1.82. The van der Waals surface area contributed by atoms with Gasteiger partial charge in [-0.25, -0.2) is 13.8 Å². The van der Waals surface area contributed by atoms with Crippen LogP contribution in [0.25, 0.3) is 0 Å². The van der Waals surface area contributed by atoms with E-state index < -0.39 is 67.8 Å². The number of aromatic amines is 1. The number of benzene rings is 1. The average molecular weight is 541 g/mol. The summed E-state index contributed by atoms with van der Waals surface area (Å²) < 4.78 is 51.4. The number of para-hydroxylation sites is 1. The van der Waals surface area contributed by atoms with Crippen molar-refractivity contribution < 1.29 is 37.4 Å². The van der Waals surface area contributed by atoms with Gasteiger partial charge in [0, 0.05) is 12.3 Å². The van der Waals surface area contributed by atoms with E-state index >= 15 is 4.39 Å². The van der Waals surface area contributed by atoms with Gasteiger partial charge in [0.15, 0.2) is 12.4 Å². The highest BCUT2D eigenvalue weighted by Gasteiger charge is 2.56. The van der Waals surface area contributed by atoms with Crippen molar-refractivity contribution in [2.75, 3.05) is 6.61 Å². The highest BCUT2D eigenvalue weighted by molar-refractivity contribution is 7.52. The number of rotatable bonds is 11. The maximum absolute atomic E-state index is 15.1. The molecule has 1 fully saturated rings. The number of nitrogens with zero attached hydrogens (tertiary/aromatic N) is 1. The van der Waals surface area contributed by atoms with Crippen molar-refractivity contribution in [3.63, 3.8) is 0 Å². The Bertz CT molecular complexity index is 1270. The first-order valence-corrected chi connectivity index (χ1v) is 12.9. The molecular formula is C23H29FN3O9P. The van der Waals surface area contributed by atoms with Crippen LogP contribution in [0.3, 0.4) is 0 Å². The van der Waals surface area contributed by atoms with Gasteiger partial charge >= 0.3 is 19.4 Å². The Labute approximate surface area is 211 Å². The number of hydrogen-bond acceptors (Lipinski definition) is 9. The van der Waals surface area contributed by atoms with Crippen LogP contribution in [0.1, 0.15) is 27.0 Å². The third-order valence-corrected chi connectivity index (χ3v) is 7.00. The fraction of sp³-hybridized carbons (Fsp3) is 0.435. The van der Waals surface area contributed by atoms with Crippen LogP contribution in [-0.4, -0.2) is 57.3 Å². The zero-order chi connectivity index (χ0) is 27.4. The molecule has 3 rings (SSSR count). The molecule has 1 aliphatic rings. The highest BCUT2D eigenvalue weighted by Crippen LogP contribution is 2.48. The minimum atomic E-state index is -4.39. The number of hydrogen-bond donors (Lipinski definition) is 3. The van der Waals surface area contributed by atoms with Gasteiger partial charge in [-0.15, -0.1) is 6.58 Å². The first kappa shape index (κ1) is 28.5. The van der Waals surface area contributed by atoms with Crippen molar-refractivity contribution in [3.8, 4) is 5.75 Å². The lowest BCUT2D eigenvalue weighted by Crippen LogP contribution is -2.45. The summed E-state index contributed by atoms with van der Waals surface area (Å²) in [6.45, 7) is 7.49. The Morgan fingerprint density at radius 3 is 2.59 bits per heavy atom. The number of H-pyrrole nitrogens is 1.